The SMILES string of the molecule is CC1CCC2C(C)(C)C2(c2ccccc2CS(N)(=O)=O)C1. The number of hydrogen-bond acceptors (Lipinski definition) is 2. The average molecular weight is 307 g/mol. The minimum Gasteiger partial charge on any atom is -0.228 e. The quantitative estimate of drug-likeness (QED) is 0.932. The van der Waals surface area contributed by atoms with Crippen molar-refractivity contribution in [3.63, 3.8) is 0 Å². The summed E-state index contributed by atoms with van der Waals surface area (Å²) in [6.07, 6.45) is 3.69. The summed E-state index contributed by atoms with van der Waals surface area (Å²) in [4.78, 5) is 0. The summed E-state index contributed by atoms with van der Waals surface area (Å²) >= 11 is 0. The minimum absolute atomic E-state index is 0.0535. The Hall–Kier alpha value is -0.870. The van der Waals surface area contributed by atoms with Crippen LogP contribution in [0.3, 0.4) is 0 Å². The second-order valence-electron chi connectivity index (χ2n) is 7.60. The third-order valence-corrected chi connectivity index (χ3v) is 6.72. The molecule has 3 rings (SSSR count). The molecule has 4 heteroatoms. The van der Waals surface area contributed by atoms with Crippen LogP contribution < -0.4 is 5.14 Å². The molecule has 3 unspecified atom stereocenters. The largest absolute Gasteiger partial charge is 0.228 e. The van der Waals surface area contributed by atoms with Gasteiger partial charge in [-0.1, -0.05) is 51.5 Å². The van der Waals surface area contributed by atoms with Crippen molar-refractivity contribution >= 4 is 10.0 Å². The molecule has 2 N–H and O–H groups in total. The monoisotopic (exact) mass is 307 g/mol. The fourth-order valence-corrected chi connectivity index (χ4v) is 5.71. The molecule has 0 radical (unpaired) electrons. The topological polar surface area (TPSA) is 60.2 Å². The predicted molar refractivity (Wildman–Crippen MR) is 85.2 cm³/mol. The zero-order chi connectivity index (χ0) is 15.5. The Morgan fingerprint density at radius 2 is 1.90 bits per heavy atom. The molecule has 3 atom stereocenters. The molecule has 0 saturated heterocycles. The van der Waals surface area contributed by atoms with Crippen LogP contribution in [0.5, 0.6) is 0 Å². The molecule has 0 aliphatic heterocycles. The van der Waals surface area contributed by atoms with Crippen LogP contribution in [0.1, 0.15) is 51.2 Å². The first kappa shape index (κ1) is 15.0. The molecule has 1 aromatic rings. The molecule has 2 aliphatic carbocycles. The van der Waals surface area contributed by atoms with E-state index in [1.165, 1.54) is 18.4 Å². The minimum atomic E-state index is -3.50. The standard InChI is InChI=1S/C17H25NO2S/c1-12-8-9-15-16(2,3)17(15,10-12)14-7-5-4-6-13(14)11-21(18,19)20/h4-7,12,15H,8-11H2,1-3H3,(H2,18,19,20). The van der Waals surface area contributed by atoms with Crippen molar-refractivity contribution in [1.82, 2.24) is 0 Å². The van der Waals surface area contributed by atoms with Gasteiger partial charge in [-0.05, 0) is 41.2 Å². The molecule has 0 bridgehead atoms. The first-order chi connectivity index (χ1) is 9.68. The van der Waals surface area contributed by atoms with E-state index >= 15 is 0 Å². The zero-order valence-electron chi connectivity index (χ0n) is 13.1. The second kappa shape index (κ2) is 4.56. The van der Waals surface area contributed by atoms with Gasteiger partial charge in [-0.25, -0.2) is 13.6 Å². The lowest BCUT2D eigenvalue weighted by Crippen LogP contribution is -2.25. The van der Waals surface area contributed by atoms with Crippen LogP contribution in [-0.4, -0.2) is 8.42 Å². The fourth-order valence-electron chi connectivity index (χ4n) is 5.02. The highest BCUT2D eigenvalue weighted by Crippen LogP contribution is 2.76. The molecule has 0 aromatic heterocycles. The molecule has 1 aromatic carbocycles. The number of nitrogens with two attached hydrogens (primary N) is 1. The Balaban J connectivity index is 2.08. The Kier molecular flexibility index (Phi) is 3.27. The summed E-state index contributed by atoms with van der Waals surface area (Å²) in [6, 6.07) is 8.00. The van der Waals surface area contributed by atoms with Gasteiger partial charge in [-0.15, -0.1) is 0 Å². The molecule has 0 amide bonds. The molecule has 21 heavy (non-hydrogen) atoms. The summed E-state index contributed by atoms with van der Waals surface area (Å²) in [5.74, 6) is 1.32. The van der Waals surface area contributed by atoms with E-state index in [9.17, 15) is 8.42 Å². The number of fused-ring (bicyclic) bond motifs is 1. The molecule has 3 nitrogen and oxygen atoms in total. The van der Waals surface area contributed by atoms with Crippen molar-refractivity contribution in [3.8, 4) is 0 Å². The average Bonchev–Trinajstić information content (AvgIpc) is 2.84. The number of hydrogen-bond donors (Lipinski definition) is 1. The van der Waals surface area contributed by atoms with Gasteiger partial charge in [-0.3, -0.25) is 0 Å². The van der Waals surface area contributed by atoms with E-state index in [1.807, 2.05) is 18.2 Å². The lowest BCUT2D eigenvalue weighted by molar-refractivity contribution is 0.326. The van der Waals surface area contributed by atoms with Gasteiger partial charge in [0.25, 0.3) is 0 Å². The van der Waals surface area contributed by atoms with Gasteiger partial charge in [0.05, 0.1) is 5.75 Å². The van der Waals surface area contributed by atoms with Gasteiger partial charge in [0.2, 0.25) is 10.0 Å². The number of sulfonamides is 1. The lowest BCUT2D eigenvalue weighted by atomic mass is 9.75. The van der Waals surface area contributed by atoms with E-state index < -0.39 is 10.0 Å². The summed E-state index contributed by atoms with van der Waals surface area (Å²) < 4.78 is 23.1. The van der Waals surface area contributed by atoms with Crippen molar-refractivity contribution in [1.29, 1.82) is 0 Å². The predicted octanol–water partition coefficient (Wildman–Crippen LogP) is 3.19. The summed E-state index contributed by atoms with van der Waals surface area (Å²) in [7, 11) is -3.50. The highest BCUT2D eigenvalue weighted by Gasteiger charge is 2.72. The highest BCUT2D eigenvalue weighted by atomic mass is 32.2. The summed E-state index contributed by atoms with van der Waals surface area (Å²) in [5.41, 5.74) is 2.52. The maximum Gasteiger partial charge on any atom is 0.213 e. The smallest absolute Gasteiger partial charge is 0.213 e. The van der Waals surface area contributed by atoms with Gasteiger partial charge in [0.1, 0.15) is 0 Å². The first-order valence-corrected chi connectivity index (χ1v) is 9.49. The Labute approximate surface area is 128 Å². The Bertz CT molecular complexity index is 665. The molecule has 2 aliphatic rings. The molecule has 2 fully saturated rings. The van der Waals surface area contributed by atoms with Gasteiger partial charge in [0, 0.05) is 5.41 Å². The van der Waals surface area contributed by atoms with Crippen LogP contribution in [0.2, 0.25) is 0 Å². The van der Waals surface area contributed by atoms with Crippen LogP contribution in [-0.2, 0) is 21.2 Å². The third-order valence-electron chi connectivity index (χ3n) is 6.01. The maximum absolute atomic E-state index is 11.6. The molecule has 116 valence electrons. The van der Waals surface area contributed by atoms with E-state index in [2.05, 4.69) is 26.8 Å². The summed E-state index contributed by atoms with van der Waals surface area (Å²) in [6.45, 7) is 6.99. The van der Waals surface area contributed by atoms with Crippen LogP contribution >= 0.6 is 0 Å². The summed E-state index contributed by atoms with van der Waals surface area (Å²) in [5, 5.41) is 5.29. The van der Waals surface area contributed by atoms with E-state index in [0.717, 1.165) is 12.0 Å². The highest BCUT2D eigenvalue weighted by molar-refractivity contribution is 7.88. The maximum atomic E-state index is 11.6. The van der Waals surface area contributed by atoms with Gasteiger partial charge < -0.3 is 0 Å². The lowest BCUT2D eigenvalue weighted by Gasteiger charge is -2.30. The van der Waals surface area contributed by atoms with Gasteiger partial charge in [-0.2, -0.15) is 0 Å². The Morgan fingerprint density at radius 3 is 2.57 bits per heavy atom. The van der Waals surface area contributed by atoms with Crippen molar-refractivity contribution in [2.45, 2.75) is 51.2 Å². The van der Waals surface area contributed by atoms with E-state index in [4.69, 9.17) is 5.14 Å². The van der Waals surface area contributed by atoms with Gasteiger partial charge >= 0.3 is 0 Å². The normalized spacial score (nSPS) is 34.3. The third kappa shape index (κ3) is 2.23. The number of rotatable bonds is 3. The molecule has 2 saturated carbocycles. The molecule has 0 spiro atoms. The van der Waals surface area contributed by atoms with Crippen LogP contribution in [0, 0.1) is 17.3 Å². The van der Waals surface area contributed by atoms with Crippen molar-refractivity contribution in [2.75, 3.05) is 0 Å². The van der Waals surface area contributed by atoms with E-state index in [-0.39, 0.29) is 16.6 Å². The van der Waals surface area contributed by atoms with Gasteiger partial charge in [0.15, 0.2) is 0 Å². The second-order valence-corrected chi connectivity index (χ2v) is 9.21. The van der Waals surface area contributed by atoms with E-state index in [0.29, 0.717) is 11.8 Å². The van der Waals surface area contributed by atoms with Crippen molar-refractivity contribution < 1.29 is 8.42 Å². The number of benzene rings is 1. The van der Waals surface area contributed by atoms with E-state index in [1.54, 1.807) is 0 Å². The molecular weight excluding hydrogens is 282 g/mol. The zero-order valence-corrected chi connectivity index (χ0v) is 13.9. The first-order valence-electron chi connectivity index (χ1n) is 7.77. The van der Waals surface area contributed by atoms with Crippen LogP contribution in [0.4, 0.5) is 0 Å². The fraction of sp³-hybridized carbons (Fsp3) is 0.647. The van der Waals surface area contributed by atoms with Crippen molar-refractivity contribution in [2.24, 2.45) is 22.4 Å². The Morgan fingerprint density at radius 1 is 1.24 bits per heavy atom. The number of primary sulfonamides is 1. The van der Waals surface area contributed by atoms with Crippen LogP contribution in [0.25, 0.3) is 0 Å². The van der Waals surface area contributed by atoms with Crippen molar-refractivity contribution in [3.05, 3.63) is 35.4 Å². The van der Waals surface area contributed by atoms with Crippen LogP contribution in [0.15, 0.2) is 24.3 Å². The molecule has 0 heterocycles. The molecular formula is C17H25NO2S.